The average Bonchev–Trinajstić information content (AvgIpc) is 3.32. The number of aryl methyl sites for hydroxylation is 2. The van der Waals surface area contributed by atoms with E-state index in [0.717, 1.165) is 42.1 Å². The molecule has 40 heavy (non-hydrogen) atoms. The van der Waals surface area contributed by atoms with Crippen molar-refractivity contribution >= 4 is 17.9 Å². The molecule has 0 amide bonds. The Balaban J connectivity index is 1.30. The van der Waals surface area contributed by atoms with Crippen LogP contribution in [-0.4, -0.2) is 41.1 Å². The molecule has 0 aliphatic heterocycles. The van der Waals surface area contributed by atoms with Gasteiger partial charge in [-0.2, -0.15) is 0 Å². The molecule has 3 aromatic carbocycles. The van der Waals surface area contributed by atoms with Gasteiger partial charge in [0.2, 0.25) is 0 Å². The van der Waals surface area contributed by atoms with Gasteiger partial charge in [0.15, 0.2) is 0 Å². The fraction of sp³-hybridized carbons (Fsp3) is 0.457. The van der Waals surface area contributed by atoms with Gasteiger partial charge in [0.1, 0.15) is 0 Å². The van der Waals surface area contributed by atoms with Crippen LogP contribution in [-0.2, 0) is 30.5 Å². The third-order valence-corrected chi connectivity index (χ3v) is 9.12. The molecule has 0 saturated carbocycles. The Kier molecular flexibility index (Phi) is 10.5. The molecule has 1 atom stereocenters. The van der Waals surface area contributed by atoms with Crippen LogP contribution in [0.1, 0.15) is 62.8 Å². The number of hydrogen-bond donors (Lipinski definition) is 2. The topological polar surface area (TPSA) is 52.6 Å². The molecule has 3 aromatic rings. The van der Waals surface area contributed by atoms with Gasteiger partial charge in [-0.3, -0.25) is 4.79 Å². The average molecular weight is 559 g/mol. The standard InChI is InChI=1S/C35H46N2O2S/c1-6-27-21-31(32-14-10-9-11-28(32)16-18-34(38)39)15-17-33(27)40-37(5)24-25(2)23-36-35(3,4)22-26-19-29-12-7-8-13-30(29)20-26/h7-15,17,21,25-26,36H,6,16,18-20,22-24H2,1-5H3,(H,38,39)/t25-/m1/s1. The highest BCUT2D eigenvalue weighted by Crippen LogP contribution is 2.34. The van der Waals surface area contributed by atoms with Gasteiger partial charge >= 0.3 is 5.97 Å². The first-order chi connectivity index (χ1) is 19.1. The van der Waals surface area contributed by atoms with Crippen molar-refractivity contribution in [1.29, 1.82) is 0 Å². The number of fused-ring (bicyclic) bond motifs is 1. The van der Waals surface area contributed by atoms with E-state index in [2.05, 4.69) is 92.9 Å². The first-order valence-electron chi connectivity index (χ1n) is 14.8. The Morgan fingerprint density at radius 2 is 1.73 bits per heavy atom. The van der Waals surface area contributed by atoms with Crippen LogP contribution in [0.15, 0.2) is 71.6 Å². The van der Waals surface area contributed by atoms with Gasteiger partial charge in [-0.25, -0.2) is 4.31 Å². The summed E-state index contributed by atoms with van der Waals surface area (Å²) >= 11 is 1.83. The maximum absolute atomic E-state index is 11.1. The number of carbonyl (C=O) groups is 1. The number of aliphatic carboxylic acids is 1. The fourth-order valence-corrected chi connectivity index (χ4v) is 7.24. The summed E-state index contributed by atoms with van der Waals surface area (Å²) < 4.78 is 2.36. The number of hydrogen-bond acceptors (Lipinski definition) is 4. The Bertz CT molecular complexity index is 1260. The van der Waals surface area contributed by atoms with E-state index >= 15 is 0 Å². The van der Waals surface area contributed by atoms with E-state index < -0.39 is 5.97 Å². The molecular weight excluding hydrogens is 512 g/mol. The van der Waals surface area contributed by atoms with Crippen LogP contribution in [0.2, 0.25) is 0 Å². The van der Waals surface area contributed by atoms with Gasteiger partial charge in [-0.1, -0.05) is 68.4 Å². The molecule has 2 N–H and O–H groups in total. The van der Waals surface area contributed by atoms with Crippen molar-refractivity contribution in [3.63, 3.8) is 0 Å². The summed E-state index contributed by atoms with van der Waals surface area (Å²) in [4.78, 5) is 12.4. The molecule has 0 heterocycles. The van der Waals surface area contributed by atoms with Crippen LogP contribution in [0.3, 0.4) is 0 Å². The second kappa shape index (κ2) is 13.8. The van der Waals surface area contributed by atoms with Crippen LogP contribution in [0.5, 0.6) is 0 Å². The largest absolute Gasteiger partial charge is 0.481 e. The van der Waals surface area contributed by atoms with Crippen LogP contribution in [0, 0.1) is 11.8 Å². The summed E-state index contributed by atoms with van der Waals surface area (Å²) in [5.41, 5.74) is 7.91. The Hall–Kier alpha value is -2.60. The first kappa shape index (κ1) is 30.4. The molecule has 0 saturated heterocycles. The Morgan fingerprint density at radius 1 is 1.05 bits per heavy atom. The van der Waals surface area contributed by atoms with Gasteiger partial charge in [0.25, 0.3) is 0 Å². The number of nitrogens with one attached hydrogen (secondary N) is 1. The molecule has 5 heteroatoms. The van der Waals surface area contributed by atoms with E-state index in [1.165, 1.54) is 40.8 Å². The van der Waals surface area contributed by atoms with E-state index in [1.54, 1.807) is 0 Å². The molecule has 0 fully saturated rings. The van der Waals surface area contributed by atoms with Crippen LogP contribution >= 0.6 is 11.9 Å². The lowest BCUT2D eigenvalue weighted by atomic mass is 9.88. The zero-order valence-corrected chi connectivity index (χ0v) is 25.7. The van der Waals surface area contributed by atoms with Gasteiger partial charge in [-0.15, -0.1) is 0 Å². The van der Waals surface area contributed by atoms with Crippen molar-refractivity contribution in [1.82, 2.24) is 9.62 Å². The molecule has 214 valence electrons. The minimum absolute atomic E-state index is 0.124. The summed E-state index contributed by atoms with van der Waals surface area (Å²) in [6.45, 7) is 11.3. The van der Waals surface area contributed by atoms with Crippen molar-refractivity contribution in [2.45, 2.75) is 76.7 Å². The minimum Gasteiger partial charge on any atom is -0.481 e. The molecule has 1 aliphatic carbocycles. The van der Waals surface area contributed by atoms with Crippen LogP contribution in [0.4, 0.5) is 0 Å². The molecule has 0 aromatic heterocycles. The second-order valence-corrected chi connectivity index (χ2v) is 13.5. The maximum atomic E-state index is 11.1. The number of carboxylic acids is 1. The summed E-state index contributed by atoms with van der Waals surface area (Å²) in [6, 6.07) is 23.8. The van der Waals surface area contributed by atoms with E-state index in [0.29, 0.717) is 12.3 Å². The molecule has 0 radical (unpaired) electrons. The van der Waals surface area contributed by atoms with Crippen LogP contribution < -0.4 is 5.32 Å². The van der Waals surface area contributed by atoms with Crippen molar-refractivity contribution in [2.24, 2.45) is 11.8 Å². The van der Waals surface area contributed by atoms with E-state index in [9.17, 15) is 4.79 Å². The summed E-state index contributed by atoms with van der Waals surface area (Å²) in [7, 11) is 2.19. The number of carboxylic acid groups (broad SMARTS) is 1. The number of rotatable bonds is 14. The monoisotopic (exact) mass is 558 g/mol. The fourth-order valence-electron chi connectivity index (χ4n) is 6.12. The summed E-state index contributed by atoms with van der Waals surface area (Å²) in [5.74, 6) is 0.502. The van der Waals surface area contributed by atoms with Crippen molar-refractivity contribution in [2.75, 3.05) is 20.1 Å². The number of benzene rings is 3. The molecule has 4 nitrogen and oxygen atoms in total. The second-order valence-electron chi connectivity index (χ2n) is 12.2. The van der Waals surface area contributed by atoms with Crippen LogP contribution in [0.25, 0.3) is 11.1 Å². The van der Waals surface area contributed by atoms with Crippen molar-refractivity contribution < 1.29 is 9.90 Å². The molecule has 1 aliphatic rings. The Morgan fingerprint density at radius 3 is 2.40 bits per heavy atom. The third kappa shape index (κ3) is 8.45. The molecule has 0 spiro atoms. The lowest BCUT2D eigenvalue weighted by molar-refractivity contribution is -0.136. The first-order valence-corrected chi connectivity index (χ1v) is 15.5. The minimum atomic E-state index is -0.758. The van der Waals surface area contributed by atoms with Crippen molar-refractivity contribution in [3.05, 3.63) is 89.0 Å². The Labute approximate surface area is 245 Å². The highest BCUT2D eigenvalue weighted by Gasteiger charge is 2.28. The maximum Gasteiger partial charge on any atom is 0.303 e. The molecule has 0 bridgehead atoms. The molecule has 4 rings (SSSR count). The van der Waals surface area contributed by atoms with E-state index in [4.69, 9.17) is 5.11 Å². The predicted molar refractivity (Wildman–Crippen MR) is 169 cm³/mol. The lowest BCUT2D eigenvalue weighted by Crippen LogP contribution is -2.44. The lowest BCUT2D eigenvalue weighted by Gasteiger charge is -2.31. The predicted octanol–water partition coefficient (Wildman–Crippen LogP) is 7.68. The summed E-state index contributed by atoms with van der Waals surface area (Å²) in [6.07, 6.45) is 5.27. The van der Waals surface area contributed by atoms with E-state index in [1.807, 2.05) is 30.1 Å². The normalized spacial score (nSPS) is 14.4. The van der Waals surface area contributed by atoms with Gasteiger partial charge in [-0.05, 0) is 129 Å². The highest BCUT2D eigenvalue weighted by molar-refractivity contribution is 7.97. The van der Waals surface area contributed by atoms with Crippen molar-refractivity contribution in [3.8, 4) is 11.1 Å². The number of nitrogens with zero attached hydrogens (tertiary/aromatic N) is 1. The zero-order chi connectivity index (χ0) is 28.7. The summed E-state index contributed by atoms with van der Waals surface area (Å²) in [5, 5.41) is 13.0. The zero-order valence-electron chi connectivity index (χ0n) is 24.9. The van der Waals surface area contributed by atoms with E-state index in [-0.39, 0.29) is 12.0 Å². The third-order valence-electron chi connectivity index (χ3n) is 8.06. The SMILES string of the molecule is CCc1cc(-c2ccccc2CCC(=O)O)ccc1SN(C)C[C@H](C)CNC(C)(C)CC1Cc2ccccc2C1. The molecular formula is C35H46N2O2S. The molecule has 0 unspecified atom stereocenters. The quantitative estimate of drug-likeness (QED) is 0.199. The smallest absolute Gasteiger partial charge is 0.303 e. The van der Waals surface area contributed by atoms with Gasteiger partial charge < -0.3 is 10.4 Å². The van der Waals surface area contributed by atoms with Gasteiger partial charge in [0, 0.05) is 23.4 Å². The van der Waals surface area contributed by atoms with Gasteiger partial charge in [0.05, 0.1) is 0 Å². The highest BCUT2D eigenvalue weighted by atomic mass is 32.2.